The molecule has 0 saturated heterocycles. The van der Waals surface area contributed by atoms with Crippen LogP contribution in [0.5, 0.6) is 0 Å². The zero-order valence-corrected chi connectivity index (χ0v) is 19.8. The van der Waals surface area contributed by atoms with E-state index in [9.17, 15) is 22.8 Å². The molecule has 0 bridgehead atoms. The van der Waals surface area contributed by atoms with Gasteiger partial charge in [0, 0.05) is 24.2 Å². The summed E-state index contributed by atoms with van der Waals surface area (Å²) in [5.41, 5.74) is 0.917. The summed E-state index contributed by atoms with van der Waals surface area (Å²) in [4.78, 5) is 28.7. The Labute approximate surface area is 212 Å². The number of aromatic nitrogens is 6. The van der Waals surface area contributed by atoms with Crippen LogP contribution in [0.4, 0.5) is 19.1 Å². The van der Waals surface area contributed by atoms with E-state index in [0.29, 0.717) is 27.9 Å². The number of amides is 1. The maximum Gasteiger partial charge on any atom is 0.416 e. The van der Waals surface area contributed by atoms with Gasteiger partial charge in [0.05, 0.1) is 22.9 Å². The van der Waals surface area contributed by atoms with Crippen LogP contribution in [0, 0.1) is 18.3 Å². The molecule has 3 aromatic heterocycles. The van der Waals surface area contributed by atoms with Gasteiger partial charge in [0.2, 0.25) is 11.9 Å². The highest BCUT2D eigenvalue weighted by atomic mass is 19.4. The molecule has 38 heavy (non-hydrogen) atoms. The average Bonchev–Trinajstić information content (AvgIpc) is 3.45. The third-order valence-corrected chi connectivity index (χ3v) is 5.82. The number of aromatic amines is 1. The summed E-state index contributed by atoms with van der Waals surface area (Å²) in [5.74, 6) is -0.321. The first kappa shape index (κ1) is 24.4. The molecule has 0 radical (unpaired) electrons. The molecule has 2 N–H and O–H groups in total. The molecular weight excluding hydrogens is 501 g/mol. The quantitative estimate of drug-likeness (QED) is 0.368. The van der Waals surface area contributed by atoms with E-state index in [1.165, 1.54) is 34.3 Å². The molecule has 5 aromatic rings. The number of hydrogen-bond acceptors (Lipinski definition) is 6. The second kappa shape index (κ2) is 9.00. The molecule has 2 aromatic carbocycles. The molecular formula is C25H17F3N8O2. The molecule has 0 saturated carbocycles. The van der Waals surface area contributed by atoms with Crippen LogP contribution in [0.1, 0.15) is 23.6 Å². The Hall–Kier alpha value is -5.25. The third kappa shape index (κ3) is 4.28. The molecule has 0 spiro atoms. The summed E-state index contributed by atoms with van der Waals surface area (Å²) in [7, 11) is 0. The molecule has 13 heteroatoms. The zero-order chi connectivity index (χ0) is 27.2. The Bertz CT molecular complexity index is 1810. The first-order valence-electron chi connectivity index (χ1n) is 11.1. The van der Waals surface area contributed by atoms with Crippen molar-refractivity contribution in [1.29, 1.82) is 5.26 Å². The molecule has 190 valence electrons. The van der Waals surface area contributed by atoms with Crippen LogP contribution in [0.15, 0.2) is 59.5 Å². The standard InChI is InChI=1S/C25H17F3N8O2/c1-13-19(21-32-33-24(38)36(21)18-8-6-15(11-29)7-9-18)12-35-22(31-23(34-35)30-14(2)37)20(13)16-4-3-5-17(10-16)25(26,27)28/h3-10,12H,1-2H3,(H,33,38)(H,30,34,37). The van der Waals surface area contributed by atoms with E-state index >= 15 is 0 Å². The summed E-state index contributed by atoms with van der Waals surface area (Å²) in [6.07, 6.45) is -3.05. The van der Waals surface area contributed by atoms with Gasteiger partial charge < -0.3 is 0 Å². The van der Waals surface area contributed by atoms with Gasteiger partial charge in [-0.25, -0.2) is 19.0 Å². The number of carbonyl (C=O) groups is 1. The summed E-state index contributed by atoms with van der Waals surface area (Å²) >= 11 is 0. The third-order valence-electron chi connectivity index (χ3n) is 5.82. The van der Waals surface area contributed by atoms with E-state index in [-0.39, 0.29) is 23.0 Å². The van der Waals surface area contributed by atoms with Crippen LogP contribution in [-0.4, -0.2) is 35.3 Å². The van der Waals surface area contributed by atoms with Gasteiger partial charge in [0.15, 0.2) is 11.5 Å². The van der Waals surface area contributed by atoms with Gasteiger partial charge in [-0.1, -0.05) is 12.1 Å². The number of hydrogen-bond donors (Lipinski definition) is 2. The lowest BCUT2D eigenvalue weighted by Crippen LogP contribution is -2.16. The Balaban J connectivity index is 1.80. The van der Waals surface area contributed by atoms with E-state index in [2.05, 4.69) is 25.6 Å². The Morgan fingerprint density at radius 1 is 1.16 bits per heavy atom. The van der Waals surface area contributed by atoms with Gasteiger partial charge in [0.1, 0.15) is 0 Å². The van der Waals surface area contributed by atoms with E-state index in [4.69, 9.17) is 5.26 Å². The number of carbonyl (C=O) groups excluding carboxylic acids is 1. The molecule has 0 atom stereocenters. The van der Waals surface area contributed by atoms with Crippen LogP contribution in [-0.2, 0) is 11.0 Å². The number of anilines is 1. The van der Waals surface area contributed by atoms with Crippen molar-refractivity contribution >= 4 is 17.5 Å². The number of rotatable bonds is 4. The SMILES string of the molecule is CC(=O)Nc1nc2c(-c3cccc(C(F)(F)F)c3)c(C)c(-c3n[nH]c(=O)n3-c3ccc(C#N)cc3)cn2n1. The van der Waals surface area contributed by atoms with Crippen LogP contribution in [0.3, 0.4) is 0 Å². The van der Waals surface area contributed by atoms with Crippen molar-refractivity contribution in [2.75, 3.05) is 5.32 Å². The molecule has 3 heterocycles. The minimum Gasteiger partial charge on any atom is -0.293 e. The summed E-state index contributed by atoms with van der Waals surface area (Å²) in [6.45, 7) is 2.94. The molecule has 0 aliphatic carbocycles. The van der Waals surface area contributed by atoms with Crippen molar-refractivity contribution in [1.82, 2.24) is 29.4 Å². The summed E-state index contributed by atoms with van der Waals surface area (Å²) in [6, 6.07) is 13.0. The van der Waals surface area contributed by atoms with Gasteiger partial charge in [-0.2, -0.15) is 28.5 Å². The number of halogens is 3. The number of nitrogens with zero attached hydrogens (tertiary/aromatic N) is 6. The van der Waals surface area contributed by atoms with Crippen LogP contribution in [0.2, 0.25) is 0 Å². The number of fused-ring (bicyclic) bond motifs is 1. The number of benzene rings is 2. The second-order valence-corrected chi connectivity index (χ2v) is 8.35. The Morgan fingerprint density at radius 2 is 1.89 bits per heavy atom. The highest BCUT2D eigenvalue weighted by Gasteiger charge is 2.31. The molecule has 0 unspecified atom stereocenters. The monoisotopic (exact) mass is 518 g/mol. The lowest BCUT2D eigenvalue weighted by atomic mass is 9.96. The van der Waals surface area contributed by atoms with E-state index in [0.717, 1.165) is 12.1 Å². The molecule has 0 aliphatic rings. The lowest BCUT2D eigenvalue weighted by Gasteiger charge is -2.15. The van der Waals surface area contributed by atoms with Crippen molar-refractivity contribution in [2.24, 2.45) is 0 Å². The molecule has 0 fully saturated rings. The first-order chi connectivity index (χ1) is 18.1. The van der Waals surface area contributed by atoms with Gasteiger partial charge in [0.25, 0.3) is 0 Å². The van der Waals surface area contributed by atoms with E-state index in [1.54, 1.807) is 31.2 Å². The molecule has 10 nitrogen and oxygen atoms in total. The summed E-state index contributed by atoms with van der Waals surface area (Å²) < 4.78 is 43.2. The largest absolute Gasteiger partial charge is 0.416 e. The van der Waals surface area contributed by atoms with Crippen LogP contribution in [0.25, 0.3) is 33.8 Å². The van der Waals surface area contributed by atoms with Gasteiger partial charge >= 0.3 is 11.9 Å². The predicted octanol–water partition coefficient (Wildman–Crippen LogP) is 4.09. The maximum atomic E-state index is 13.5. The normalized spacial score (nSPS) is 11.5. The number of nitriles is 1. The van der Waals surface area contributed by atoms with Crippen molar-refractivity contribution < 1.29 is 18.0 Å². The van der Waals surface area contributed by atoms with Crippen molar-refractivity contribution in [3.63, 3.8) is 0 Å². The summed E-state index contributed by atoms with van der Waals surface area (Å²) in [5, 5.41) is 22.4. The topological polar surface area (TPSA) is 134 Å². The minimum absolute atomic E-state index is 0.0474. The molecule has 1 amide bonds. The van der Waals surface area contributed by atoms with Crippen molar-refractivity contribution in [3.8, 4) is 34.3 Å². The highest BCUT2D eigenvalue weighted by Crippen LogP contribution is 2.37. The predicted molar refractivity (Wildman–Crippen MR) is 130 cm³/mol. The first-order valence-corrected chi connectivity index (χ1v) is 11.1. The average molecular weight is 518 g/mol. The fourth-order valence-corrected chi connectivity index (χ4v) is 4.14. The molecule has 0 aliphatic heterocycles. The maximum absolute atomic E-state index is 13.5. The second-order valence-electron chi connectivity index (χ2n) is 8.35. The zero-order valence-electron chi connectivity index (χ0n) is 19.8. The van der Waals surface area contributed by atoms with Crippen LogP contribution >= 0.6 is 0 Å². The Morgan fingerprint density at radius 3 is 2.55 bits per heavy atom. The van der Waals surface area contributed by atoms with E-state index in [1.807, 2.05) is 6.07 Å². The van der Waals surface area contributed by atoms with Crippen LogP contribution < -0.4 is 11.0 Å². The fraction of sp³-hybridized carbons (Fsp3) is 0.120. The Kier molecular flexibility index (Phi) is 5.79. The highest BCUT2D eigenvalue weighted by molar-refractivity contribution is 5.89. The van der Waals surface area contributed by atoms with E-state index < -0.39 is 23.3 Å². The number of alkyl halides is 3. The van der Waals surface area contributed by atoms with Gasteiger partial charge in [-0.15, -0.1) is 5.10 Å². The van der Waals surface area contributed by atoms with Crippen molar-refractivity contribution in [2.45, 2.75) is 20.0 Å². The number of pyridine rings is 1. The molecule has 5 rings (SSSR count). The number of nitrogens with one attached hydrogen (secondary N) is 2. The lowest BCUT2D eigenvalue weighted by molar-refractivity contribution is -0.137. The van der Waals surface area contributed by atoms with Crippen molar-refractivity contribution in [3.05, 3.63) is 81.9 Å². The van der Waals surface area contributed by atoms with Gasteiger partial charge in [-0.05, 0) is 54.4 Å². The number of H-pyrrole nitrogens is 1. The fourth-order valence-electron chi connectivity index (χ4n) is 4.14. The minimum atomic E-state index is -4.58. The smallest absolute Gasteiger partial charge is 0.293 e. The van der Waals surface area contributed by atoms with Gasteiger partial charge in [-0.3, -0.25) is 10.1 Å².